The standard InChI is InChI=1S/C8H6Cl2N2O/c9-6-1-5-2-11-4-12(5)7(3-13)8(6)10/h1-2,4,13H,3H2. The van der Waals surface area contributed by atoms with Crippen LogP contribution in [0.25, 0.3) is 5.52 Å². The van der Waals surface area contributed by atoms with Gasteiger partial charge in [-0.3, -0.25) is 4.40 Å². The number of fused-ring (bicyclic) bond motifs is 1. The summed E-state index contributed by atoms with van der Waals surface area (Å²) in [5.41, 5.74) is 1.38. The molecule has 0 unspecified atom stereocenters. The summed E-state index contributed by atoms with van der Waals surface area (Å²) < 4.78 is 1.70. The summed E-state index contributed by atoms with van der Waals surface area (Å²) >= 11 is 11.7. The summed E-state index contributed by atoms with van der Waals surface area (Å²) in [6.07, 6.45) is 3.24. The van der Waals surface area contributed by atoms with E-state index >= 15 is 0 Å². The van der Waals surface area contributed by atoms with Crippen LogP contribution in [0.3, 0.4) is 0 Å². The van der Waals surface area contributed by atoms with Crippen LogP contribution in [0.2, 0.25) is 10.0 Å². The molecule has 2 aromatic rings. The quantitative estimate of drug-likeness (QED) is 0.794. The molecule has 1 N–H and O–H groups in total. The van der Waals surface area contributed by atoms with Crippen LogP contribution in [0, 0.1) is 0 Å². The van der Waals surface area contributed by atoms with E-state index in [1.165, 1.54) is 0 Å². The highest BCUT2D eigenvalue weighted by Gasteiger charge is 2.09. The molecule has 2 rings (SSSR count). The van der Waals surface area contributed by atoms with Crippen LogP contribution in [0.15, 0.2) is 18.6 Å². The van der Waals surface area contributed by atoms with Crippen molar-refractivity contribution in [3.63, 3.8) is 0 Å². The summed E-state index contributed by atoms with van der Waals surface area (Å²) in [4.78, 5) is 3.93. The third-order valence-electron chi connectivity index (χ3n) is 1.85. The predicted molar refractivity (Wildman–Crippen MR) is 51.1 cm³/mol. The van der Waals surface area contributed by atoms with E-state index in [0.29, 0.717) is 15.7 Å². The molecule has 0 atom stereocenters. The summed E-state index contributed by atoms with van der Waals surface area (Å²) in [6, 6.07) is 1.70. The number of halogens is 2. The van der Waals surface area contributed by atoms with Gasteiger partial charge in [-0.2, -0.15) is 0 Å². The lowest BCUT2D eigenvalue weighted by Gasteiger charge is -2.06. The van der Waals surface area contributed by atoms with Crippen molar-refractivity contribution in [3.05, 3.63) is 34.3 Å². The van der Waals surface area contributed by atoms with Crippen LogP contribution in [0.4, 0.5) is 0 Å². The highest BCUT2D eigenvalue weighted by atomic mass is 35.5. The molecule has 0 aliphatic heterocycles. The Kier molecular flexibility index (Phi) is 2.15. The minimum Gasteiger partial charge on any atom is -0.390 e. The van der Waals surface area contributed by atoms with E-state index in [-0.39, 0.29) is 6.61 Å². The van der Waals surface area contributed by atoms with E-state index in [1.807, 2.05) is 0 Å². The smallest absolute Gasteiger partial charge is 0.0995 e. The largest absolute Gasteiger partial charge is 0.390 e. The first kappa shape index (κ1) is 8.81. The molecule has 3 nitrogen and oxygen atoms in total. The molecule has 0 aromatic carbocycles. The number of hydrogen-bond acceptors (Lipinski definition) is 2. The fourth-order valence-electron chi connectivity index (χ4n) is 1.22. The van der Waals surface area contributed by atoms with Gasteiger partial charge in [-0.25, -0.2) is 4.98 Å². The molecular weight excluding hydrogens is 211 g/mol. The number of pyridine rings is 1. The number of aliphatic hydroxyl groups excluding tert-OH is 1. The van der Waals surface area contributed by atoms with Gasteiger partial charge in [-0.15, -0.1) is 0 Å². The first-order valence-electron chi connectivity index (χ1n) is 3.64. The summed E-state index contributed by atoms with van der Waals surface area (Å²) in [5, 5.41) is 9.87. The van der Waals surface area contributed by atoms with Crippen LogP contribution in [-0.2, 0) is 6.61 Å². The molecule has 0 fully saturated rings. The van der Waals surface area contributed by atoms with Crippen molar-refractivity contribution >= 4 is 28.7 Å². The third kappa shape index (κ3) is 1.29. The van der Waals surface area contributed by atoms with Crippen molar-refractivity contribution in [2.75, 3.05) is 0 Å². The van der Waals surface area contributed by atoms with Crippen molar-refractivity contribution in [1.29, 1.82) is 0 Å². The molecule has 0 saturated heterocycles. The van der Waals surface area contributed by atoms with E-state index < -0.39 is 0 Å². The van der Waals surface area contributed by atoms with E-state index in [2.05, 4.69) is 4.98 Å². The maximum atomic E-state index is 9.07. The number of imidazole rings is 1. The Bertz CT molecular complexity index is 453. The number of aliphatic hydroxyl groups is 1. The number of hydrogen-bond donors (Lipinski definition) is 1. The molecule has 0 aliphatic carbocycles. The summed E-state index contributed by atoms with van der Waals surface area (Å²) in [5.74, 6) is 0. The Morgan fingerprint density at radius 1 is 1.46 bits per heavy atom. The van der Waals surface area contributed by atoms with Crippen LogP contribution in [0.1, 0.15) is 5.69 Å². The molecule has 0 radical (unpaired) electrons. The van der Waals surface area contributed by atoms with Crippen molar-refractivity contribution in [2.45, 2.75) is 6.61 Å². The van der Waals surface area contributed by atoms with Gasteiger partial charge in [0.15, 0.2) is 0 Å². The van der Waals surface area contributed by atoms with Gasteiger partial charge < -0.3 is 5.11 Å². The average molecular weight is 217 g/mol. The topological polar surface area (TPSA) is 37.5 Å². The van der Waals surface area contributed by atoms with E-state index in [0.717, 1.165) is 5.52 Å². The predicted octanol–water partition coefficient (Wildman–Crippen LogP) is 2.13. The highest BCUT2D eigenvalue weighted by molar-refractivity contribution is 6.42. The van der Waals surface area contributed by atoms with Crippen LogP contribution < -0.4 is 0 Å². The molecule has 5 heteroatoms. The Labute approximate surface area is 84.5 Å². The van der Waals surface area contributed by atoms with Crippen molar-refractivity contribution < 1.29 is 5.11 Å². The average Bonchev–Trinajstić information content (AvgIpc) is 2.54. The van der Waals surface area contributed by atoms with Gasteiger partial charge in [0.2, 0.25) is 0 Å². The number of rotatable bonds is 1. The molecule has 0 amide bonds. The fraction of sp³-hybridized carbons (Fsp3) is 0.125. The first-order chi connectivity index (χ1) is 6.24. The molecular formula is C8H6Cl2N2O. The minimum absolute atomic E-state index is 0.160. The normalized spacial score (nSPS) is 11.0. The Hall–Kier alpha value is -0.770. The van der Waals surface area contributed by atoms with Gasteiger partial charge in [0.05, 0.1) is 40.4 Å². The molecule has 0 spiro atoms. The summed E-state index contributed by atoms with van der Waals surface area (Å²) in [6.45, 7) is -0.160. The van der Waals surface area contributed by atoms with E-state index in [1.54, 1.807) is 23.0 Å². The molecule has 13 heavy (non-hydrogen) atoms. The van der Waals surface area contributed by atoms with Gasteiger partial charge in [-0.1, -0.05) is 23.2 Å². The van der Waals surface area contributed by atoms with Crippen LogP contribution in [0.5, 0.6) is 0 Å². The molecule has 2 aromatic heterocycles. The van der Waals surface area contributed by atoms with Gasteiger partial charge >= 0.3 is 0 Å². The van der Waals surface area contributed by atoms with Gasteiger partial charge in [0.25, 0.3) is 0 Å². The maximum absolute atomic E-state index is 9.07. The highest BCUT2D eigenvalue weighted by Crippen LogP contribution is 2.27. The lowest BCUT2D eigenvalue weighted by Crippen LogP contribution is -1.96. The second kappa shape index (κ2) is 3.18. The lowest BCUT2D eigenvalue weighted by atomic mass is 10.3. The SMILES string of the molecule is OCc1c(Cl)c(Cl)cc2cncn12. The van der Waals surface area contributed by atoms with Crippen LogP contribution in [-0.4, -0.2) is 14.5 Å². The summed E-state index contributed by atoms with van der Waals surface area (Å²) in [7, 11) is 0. The molecule has 2 heterocycles. The lowest BCUT2D eigenvalue weighted by molar-refractivity contribution is 0.275. The van der Waals surface area contributed by atoms with E-state index in [4.69, 9.17) is 28.3 Å². The van der Waals surface area contributed by atoms with Crippen molar-refractivity contribution in [3.8, 4) is 0 Å². The Balaban J connectivity index is 2.87. The Morgan fingerprint density at radius 3 is 2.92 bits per heavy atom. The second-order valence-corrected chi connectivity index (χ2v) is 3.38. The zero-order valence-electron chi connectivity index (χ0n) is 6.54. The zero-order chi connectivity index (χ0) is 9.42. The maximum Gasteiger partial charge on any atom is 0.0995 e. The number of aromatic nitrogens is 2. The monoisotopic (exact) mass is 216 g/mol. The first-order valence-corrected chi connectivity index (χ1v) is 4.39. The van der Waals surface area contributed by atoms with Crippen molar-refractivity contribution in [2.24, 2.45) is 0 Å². The minimum atomic E-state index is -0.160. The van der Waals surface area contributed by atoms with E-state index in [9.17, 15) is 0 Å². The van der Waals surface area contributed by atoms with Gasteiger partial charge in [0.1, 0.15) is 0 Å². The van der Waals surface area contributed by atoms with Gasteiger partial charge in [-0.05, 0) is 6.07 Å². The molecule has 0 saturated carbocycles. The fourth-order valence-corrected chi connectivity index (χ4v) is 1.65. The molecule has 0 aliphatic rings. The number of nitrogens with zero attached hydrogens (tertiary/aromatic N) is 2. The van der Waals surface area contributed by atoms with Gasteiger partial charge in [0, 0.05) is 0 Å². The molecule has 68 valence electrons. The third-order valence-corrected chi connectivity index (χ3v) is 2.66. The second-order valence-electron chi connectivity index (χ2n) is 2.60. The van der Waals surface area contributed by atoms with Crippen LogP contribution >= 0.6 is 23.2 Å². The Morgan fingerprint density at radius 2 is 2.23 bits per heavy atom. The molecule has 0 bridgehead atoms. The van der Waals surface area contributed by atoms with Crippen molar-refractivity contribution in [1.82, 2.24) is 9.38 Å². The zero-order valence-corrected chi connectivity index (χ0v) is 8.05.